The lowest BCUT2D eigenvalue weighted by Gasteiger charge is -2.12. The quantitative estimate of drug-likeness (QED) is 0.582. The number of carbonyl (C=O) groups is 1. The summed E-state index contributed by atoms with van der Waals surface area (Å²) >= 11 is 4.58. The van der Waals surface area contributed by atoms with Crippen molar-refractivity contribution in [2.75, 3.05) is 7.05 Å². The summed E-state index contributed by atoms with van der Waals surface area (Å²) in [5.41, 5.74) is 1.25. The van der Waals surface area contributed by atoms with Crippen molar-refractivity contribution < 1.29 is 4.79 Å². The molecule has 0 atom stereocenters. The largest absolute Gasteiger partial charge is 0.331 e. The van der Waals surface area contributed by atoms with E-state index >= 15 is 0 Å². The summed E-state index contributed by atoms with van der Waals surface area (Å²) in [5, 5.41) is 2.04. The first-order valence-electron chi connectivity index (χ1n) is 3.55. The summed E-state index contributed by atoms with van der Waals surface area (Å²) in [6.07, 6.45) is 0. The van der Waals surface area contributed by atoms with Crippen molar-refractivity contribution in [2.45, 2.75) is 13.5 Å². The van der Waals surface area contributed by atoms with E-state index in [1.807, 2.05) is 5.38 Å². The third kappa shape index (κ3) is 2.32. The van der Waals surface area contributed by atoms with Crippen LogP contribution in [0.4, 0.5) is 4.79 Å². The van der Waals surface area contributed by atoms with Crippen molar-refractivity contribution in [2.24, 2.45) is 0 Å². The smallest absolute Gasteiger partial charge is 0.289 e. The minimum atomic E-state index is -0.0738. The van der Waals surface area contributed by atoms with Crippen molar-refractivity contribution in [3.63, 3.8) is 0 Å². The van der Waals surface area contributed by atoms with Crippen LogP contribution in [0, 0.1) is 6.92 Å². The fourth-order valence-corrected chi connectivity index (χ4v) is 1.93. The minimum absolute atomic E-state index is 0.0738. The summed E-state index contributed by atoms with van der Waals surface area (Å²) in [5.74, 6) is 0. The lowest BCUT2D eigenvalue weighted by Crippen LogP contribution is -2.19. The predicted octanol–water partition coefficient (Wildman–Crippen LogP) is 3.00. The Bertz CT molecular complexity index is 284. The molecule has 0 saturated carbocycles. The Labute approximate surface area is 84.3 Å². The molecule has 0 unspecified atom stereocenters. The van der Waals surface area contributed by atoms with Crippen molar-refractivity contribution in [1.82, 2.24) is 4.90 Å². The first-order chi connectivity index (χ1) is 5.61. The van der Waals surface area contributed by atoms with Crippen molar-refractivity contribution >= 4 is 32.1 Å². The Hall–Kier alpha value is -0.350. The molecule has 0 saturated heterocycles. The van der Waals surface area contributed by atoms with E-state index < -0.39 is 0 Å². The average Bonchev–Trinajstić information content (AvgIpc) is 2.36. The Morgan fingerprint density at radius 3 is 2.83 bits per heavy atom. The Balaban J connectivity index is 2.64. The van der Waals surface area contributed by atoms with Gasteiger partial charge < -0.3 is 4.90 Å². The number of nitrogens with zero attached hydrogens (tertiary/aromatic N) is 1. The highest BCUT2D eigenvalue weighted by Gasteiger charge is 2.07. The molecule has 0 fully saturated rings. The lowest BCUT2D eigenvalue weighted by molar-refractivity contribution is 0.233. The number of carbonyl (C=O) groups excluding carboxylic acids is 1. The molecule has 4 heteroatoms. The molecule has 0 aliphatic heterocycles. The van der Waals surface area contributed by atoms with Gasteiger partial charge in [0.15, 0.2) is 0 Å². The zero-order valence-corrected chi connectivity index (χ0v) is 9.41. The normalized spacial score (nSPS) is 9.92. The van der Waals surface area contributed by atoms with Crippen LogP contribution >= 0.6 is 27.3 Å². The number of amides is 1. The van der Waals surface area contributed by atoms with E-state index in [0.717, 1.165) is 0 Å². The van der Waals surface area contributed by atoms with E-state index in [1.165, 1.54) is 10.4 Å². The van der Waals surface area contributed by atoms with Crippen LogP contribution in [-0.2, 0) is 6.54 Å². The van der Waals surface area contributed by atoms with E-state index in [1.54, 1.807) is 23.3 Å². The minimum Gasteiger partial charge on any atom is -0.331 e. The van der Waals surface area contributed by atoms with Crippen LogP contribution in [0.1, 0.15) is 10.4 Å². The maximum atomic E-state index is 10.8. The van der Waals surface area contributed by atoms with Gasteiger partial charge in [0.25, 0.3) is 4.82 Å². The molecule has 0 radical (unpaired) electrons. The lowest BCUT2D eigenvalue weighted by atomic mass is 10.3. The second-order valence-electron chi connectivity index (χ2n) is 2.64. The Morgan fingerprint density at radius 2 is 2.42 bits per heavy atom. The molecule has 2 nitrogen and oxygen atoms in total. The van der Waals surface area contributed by atoms with Gasteiger partial charge in [-0.25, -0.2) is 0 Å². The monoisotopic (exact) mass is 247 g/mol. The molecule has 12 heavy (non-hydrogen) atoms. The van der Waals surface area contributed by atoms with Crippen molar-refractivity contribution in [1.29, 1.82) is 0 Å². The van der Waals surface area contributed by atoms with Gasteiger partial charge in [0, 0.05) is 27.9 Å². The van der Waals surface area contributed by atoms with Gasteiger partial charge in [-0.15, -0.1) is 11.3 Å². The number of thiophene rings is 1. The third-order valence-corrected chi connectivity index (χ3v) is 3.26. The summed E-state index contributed by atoms with van der Waals surface area (Å²) in [4.78, 5) is 13.6. The second-order valence-corrected chi connectivity index (χ2v) is 4.31. The SMILES string of the molecule is Cc1ccsc1CN(C)C(=O)Br. The Morgan fingerprint density at radius 1 is 1.75 bits per heavy atom. The highest BCUT2D eigenvalue weighted by atomic mass is 79.9. The van der Waals surface area contributed by atoms with Crippen molar-refractivity contribution in [3.8, 4) is 0 Å². The molecule has 1 rings (SSSR count). The summed E-state index contributed by atoms with van der Waals surface area (Å²) < 4.78 is 0. The maximum absolute atomic E-state index is 10.8. The number of hydrogen-bond donors (Lipinski definition) is 0. The molecule has 0 aliphatic carbocycles. The molecule has 0 bridgehead atoms. The molecule has 66 valence electrons. The number of rotatable bonds is 2. The predicted molar refractivity (Wildman–Crippen MR) is 54.8 cm³/mol. The maximum Gasteiger partial charge on any atom is 0.289 e. The van der Waals surface area contributed by atoms with Gasteiger partial charge in [0.2, 0.25) is 0 Å². The third-order valence-electron chi connectivity index (χ3n) is 1.65. The fourth-order valence-electron chi connectivity index (χ4n) is 0.844. The second kappa shape index (κ2) is 4.05. The van der Waals surface area contributed by atoms with E-state index in [4.69, 9.17) is 0 Å². The van der Waals surface area contributed by atoms with Gasteiger partial charge in [-0.05, 0) is 23.9 Å². The van der Waals surface area contributed by atoms with E-state index in [-0.39, 0.29) is 4.82 Å². The molecule has 0 spiro atoms. The van der Waals surface area contributed by atoms with Crippen LogP contribution < -0.4 is 0 Å². The van der Waals surface area contributed by atoms with Crippen LogP contribution in [0.3, 0.4) is 0 Å². The molecular weight excluding hydrogens is 238 g/mol. The summed E-state index contributed by atoms with van der Waals surface area (Å²) in [7, 11) is 1.77. The van der Waals surface area contributed by atoms with Gasteiger partial charge >= 0.3 is 0 Å². The van der Waals surface area contributed by atoms with Gasteiger partial charge in [-0.1, -0.05) is 0 Å². The van der Waals surface area contributed by atoms with Crippen LogP contribution in [0.5, 0.6) is 0 Å². The zero-order valence-electron chi connectivity index (χ0n) is 7.00. The molecule has 0 N–H and O–H groups in total. The van der Waals surface area contributed by atoms with Gasteiger partial charge in [-0.3, -0.25) is 4.79 Å². The standard InChI is InChI=1S/C8H10BrNOS/c1-6-3-4-12-7(6)5-10(2)8(9)11/h3-4H,5H2,1-2H3. The summed E-state index contributed by atoms with van der Waals surface area (Å²) in [6.45, 7) is 2.74. The Kier molecular flexibility index (Phi) is 3.29. The first-order valence-corrected chi connectivity index (χ1v) is 5.22. The van der Waals surface area contributed by atoms with E-state index in [9.17, 15) is 4.79 Å². The van der Waals surface area contributed by atoms with E-state index in [2.05, 4.69) is 28.9 Å². The number of halogens is 1. The molecule has 0 aromatic carbocycles. The molecule has 1 amide bonds. The summed E-state index contributed by atoms with van der Waals surface area (Å²) in [6, 6.07) is 2.06. The van der Waals surface area contributed by atoms with Crippen LogP contribution in [0.25, 0.3) is 0 Å². The average molecular weight is 248 g/mol. The topological polar surface area (TPSA) is 20.3 Å². The fraction of sp³-hybridized carbons (Fsp3) is 0.375. The van der Waals surface area contributed by atoms with Crippen LogP contribution in [0.15, 0.2) is 11.4 Å². The molecule has 1 aromatic rings. The van der Waals surface area contributed by atoms with Crippen LogP contribution in [0.2, 0.25) is 0 Å². The first kappa shape index (κ1) is 9.74. The van der Waals surface area contributed by atoms with Crippen molar-refractivity contribution in [3.05, 3.63) is 21.9 Å². The van der Waals surface area contributed by atoms with Gasteiger partial charge in [-0.2, -0.15) is 0 Å². The zero-order chi connectivity index (χ0) is 9.14. The van der Waals surface area contributed by atoms with E-state index in [0.29, 0.717) is 6.54 Å². The molecule has 0 aliphatic rings. The highest BCUT2D eigenvalue weighted by Crippen LogP contribution is 2.17. The van der Waals surface area contributed by atoms with Crippen LogP contribution in [-0.4, -0.2) is 16.8 Å². The molecule has 1 heterocycles. The van der Waals surface area contributed by atoms with Gasteiger partial charge in [0.1, 0.15) is 0 Å². The molecular formula is C8H10BrNOS. The molecule has 1 aromatic heterocycles. The van der Waals surface area contributed by atoms with Gasteiger partial charge in [0.05, 0.1) is 6.54 Å². The highest BCUT2D eigenvalue weighted by molar-refractivity contribution is 9.18. The number of hydrogen-bond acceptors (Lipinski definition) is 2. The number of aryl methyl sites for hydroxylation is 1.